The first-order valence-corrected chi connectivity index (χ1v) is 11.0. The van der Waals surface area contributed by atoms with Gasteiger partial charge in [-0.2, -0.15) is 0 Å². The molecule has 2 aliphatic heterocycles. The molecule has 5 rings (SSSR count). The van der Waals surface area contributed by atoms with E-state index in [1.54, 1.807) is 6.07 Å². The predicted octanol–water partition coefficient (Wildman–Crippen LogP) is 1.50. The van der Waals surface area contributed by atoms with Gasteiger partial charge in [-0.25, -0.2) is 4.98 Å². The number of aromatic amines is 1. The van der Waals surface area contributed by atoms with Crippen molar-refractivity contribution in [3.8, 4) is 0 Å². The average molecular weight is 447 g/mol. The molecule has 0 spiro atoms. The number of nitrogens with zero attached hydrogens (tertiary/aromatic N) is 2. The number of rotatable bonds is 5. The van der Waals surface area contributed by atoms with Crippen LogP contribution in [0.5, 0.6) is 0 Å². The Labute approximate surface area is 190 Å². The van der Waals surface area contributed by atoms with E-state index in [1.807, 2.05) is 43.3 Å². The molecule has 3 heterocycles. The van der Waals surface area contributed by atoms with Gasteiger partial charge < -0.3 is 20.4 Å². The molecule has 0 radical (unpaired) electrons. The summed E-state index contributed by atoms with van der Waals surface area (Å²) in [6.07, 6.45) is -0.263. The van der Waals surface area contributed by atoms with E-state index in [9.17, 15) is 14.4 Å². The van der Waals surface area contributed by atoms with Gasteiger partial charge in [0.05, 0.1) is 36.5 Å². The highest BCUT2D eigenvalue weighted by atomic mass is 16.5. The molecule has 0 bridgehead atoms. The highest BCUT2D eigenvalue weighted by Crippen LogP contribution is 2.26. The zero-order valence-electron chi connectivity index (χ0n) is 18.3. The number of carbonyl (C=O) groups is 2. The molecule has 2 aromatic carbocycles. The Morgan fingerprint density at radius 3 is 3.00 bits per heavy atom. The molecule has 9 nitrogen and oxygen atoms in total. The first-order valence-electron chi connectivity index (χ1n) is 11.0. The van der Waals surface area contributed by atoms with Gasteiger partial charge in [0.15, 0.2) is 0 Å². The second-order valence-corrected chi connectivity index (χ2v) is 8.50. The first kappa shape index (κ1) is 21.3. The maximum absolute atomic E-state index is 12.9. The molecule has 1 fully saturated rings. The standard InChI is InChI=1S/C24H25N5O4/c1-14(15-6-7-18-16(10-15)11-22(30)27-18)25-24(32)20-12-29(8-9-33-20)13-21-26-19-5-3-2-4-17(19)23(31)28-21/h2-7,10,14,20H,8-9,11-13H2,1H3,(H,25,32)(H,27,30)(H,26,28,31). The summed E-state index contributed by atoms with van der Waals surface area (Å²) < 4.78 is 5.73. The molecule has 33 heavy (non-hydrogen) atoms. The minimum atomic E-state index is -0.619. The minimum absolute atomic E-state index is 0.0169. The molecule has 3 N–H and O–H groups in total. The third-order valence-corrected chi connectivity index (χ3v) is 6.09. The number of ether oxygens (including phenoxy) is 1. The van der Waals surface area contributed by atoms with Gasteiger partial charge in [0.25, 0.3) is 11.5 Å². The molecule has 2 amide bonds. The summed E-state index contributed by atoms with van der Waals surface area (Å²) in [6.45, 7) is 3.79. The number of benzene rings is 2. The lowest BCUT2D eigenvalue weighted by molar-refractivity contribution is -0.139. The number of para-hydroxylation sites is 1. The van der Waals surface area contributed by atoms with Crippen LogP contribution >= 0.6 is 0 Å². The highest BCUT2D eigenvalue weighted by molar-refractivity contribution is 5.99. The van der Waals surface area contributed by atoms with Crippen LogP contribution in [0.3, 0.4) is 0 Å². The second-order valence-electron chi connectivity index (χ2n) is 8.50. The number of fused-ring (bicyclic) bond motifs is 2. The predicted molar refractivity (Wildman–Crippen MR) is 123 cm³/mol. The fraction of sp³-hybridized carbons (Fsp3) is 0.333. The van der Waals surface area contributed by atoms with Gasteiger partial charge in [0.2, 0.25) is 5.91 Å². The van der Waals surface area contributed by atoms with Crippen LogP contribution in [0.15, 0.2) is 47.3 Å². The van der Waals surface area contributed by atoms with Crippen LogP contribution in [0, 0.1) is 0 Å². The number of anilines is 1. The van der Waals surface area contributed by atoms with Crippen molar-refractivity contribution >= 4 is 28.4 Å². The summed E-state index contributed by atoms with van der Waals surface area (Å²) in [5.41, 5.74) is 3.19. The zero-order valence-corrected chi connectivity index (χ0v) is 18.3. The van der Waals surface area contributed by atoms with E-state index >= 15 is 0 Å². The van der Waals surface area contributed by atoms with Gasteiger partial charge in [-0.3, -0.25) is 19.3 Å². The Morgan fingerprint density at radius 2 is 2.12 bits per heavy atom. The Morgan fingerprint density at radius 1 is 1.27 bits per heavy atom. The molecule has 2 aliphatic rings. The van der Waals surface area contributed by atoms with E-state index in [0.717, 1.165) is 16.8 Å². The Balaban J connectivity index is 1.22. The normalized spacial score (nSPS) is 19.2. The van der Waals surface area contributed by atoms with Crippen molar-refractivity contribution in [2.24, 2.45) is 0 Å². The monoisotopic (exact) mass is 447 g/mol. The molecule has 170 valence electrons. The number of hydrogen-bond donors (Lipinski definition) is 3. The van der Waals surface area contributed by atoms with Crippen LogP contribution in [-0.2, 0) is 27.3 Å². The van der Waals surface area contributed by atoms with E-state index in [0.29, 0.717) is 49.4 Å². The lowest BCUT2D eigenvalue weighted by Crippen LogP contribution is -2.50. The fourth-order valence-electron chi connectivity index (χ4n) is 4.33. The minimum Gasteiger partial charge on any atom is -0.366 e. The zero-order chi connectivity index (χ0) is 22.9. The van der Waals surface area contributed by atoms with Crippen LogP contribution in [-0.4, -0.2) is 52.5 Å². The summed E-state index contributed by atoms with van der Waals surface area (Å²) in [4.78, 5) is 46.3. The number of amides is 2. The van der Waals surface area contributed by atoms with Crippen molar-refractivity contribution in [1.82, 2.24) is 20.2 Å². The summed E-state index contributed by atoms with van der Waals surface area (Å²) in [7, 11) is 0. The van der Waals surface area contributed by atoms with Crippen LogP contribution < -0.4 is 16.2 Å². The van der Waals surface area contributed by atoms with Gasteiger partial charge in [-0.05, 0) is 36.2 Å². The summed E-state index contributed by atoms with van der Waals surface area (Å²) in [6, 6.07) is 12.7. The number of carbonyl (C=O) groups excluding carboxylic acids is 2. The molecular weight excluding hydrogens is 422 g/mol. The topological polar surface area (TPSA) is 116 Å². The Bertz CT molecular complexity index is 1290. The van der Waals surface area contributed by atoms with Gasteiger partial charge in [0, 0.05) is 18.8 Å². The van der Waals surface area contributed by atoms with Crippen molar-refractivity contribution in [2.45, 2.75) is 32.0 Å². The number of H-pyrrole nitrogens is 1. The Hall–Kier alpha value is -3.56. The molecule has 0 aliphatic carbocycles. The lowest BCUT2D eigenvalue weighted by Gasteiger charge is -2.32. The summed E-state index contributed by atoms with van der Waals surface area (Å²) in [5.74, 6) is 0.355. The van der Waals surface area contributed by atoms with E-state index in [2.05, 4.69) is 25.5 Å². The summed E-state index contributed by atoms with van der Waals surface area (Å²) in [5, 5.41) is 6.39. The highest BCUT2D eigenvalue weighted by Gasteiger charge is 2.28. The third-order valence-electron chi connectivity index (χ3n) is 6.09. The van der Waals surface area contributed by atoms with Gasteiger partial charge in [-0.15, -0.1) is 0 Å². The third kappa shape index (κ3) is 4.50. The molecule has 1 saturated heterocycles. The Kier molecular flexibility index (Phi) is 5.65. The fourth-order valence-corrected chi connectivity index (χ4v) is 4.33. The van der Waals surface area contributed by atoms with Crippen LogP contribution in [0.25, 0.3) is 10.9 Å². The maximum Gasteiger partial charge on any atom is 0.258 e. The van der Waals surface area contributed by atoms with Crippen LogP contribution in [0.4, 0.5) is 5.69 Å². The number of morpholine rings is 1. The van der Waals surface area contributed by atoms with Gasteiger partial charge >= 0.3 is 0 Å². The molecule has 2 atom stereocenters. The number of nitrogens with one attached hydrogen (secondary N) is 3. The largest absolute Gasteiger partial charge is 0.366 e. The number of hydrogen-bond acceptors (Lipinski definition) is 6. The van der Waals surface area contributed by atoms with Crippen molar-refractivity contribution in [3.63, 3.8) is 0 Å². The number of aromatic nitrogens is 2. The van der Waals surface area contributed by atoms with Crippen molar-refractivity contribution < 1.29 is 14.3 Å². The SMILES string of the molecule is CC(NC(=O)C1CN(Cc2nc3ccccc3c(=O)[nH]2)CCO1)c1ccc2c(c1)CC(=O)N2. The van der Waals surface area contributed by atoms with Gasteiger partial charge in [0.1, 0.15) is 11.9 Å². The van der Waals surface area contributed by atoms with E-state index in [4.69, 9.17) is 4.74 Å². The molecule has 2 unspecified atom stereocenters. The smallest absolute Gasteiger partial charge is 0.258 e. The van der Waals surface area contributed by atoms with Crippen molar-refractivity contribution in [2.75, 3.05) is 25.0 Å². The van der Waals surface area contributed by atoms with Gasteiger partial charge in [-0.1, -0.05) is 24.3 Å². The van der Waals surface area contributed by atoms with Crippen LogP contribution in [0.2, 0.25) is 0 Å². The van der Waals surface area contributed by atoms with E-state index in [1.165, 1.54) is 0 Å². The molecule has 9 heteroatoms. The average Bonchev–Trinajstić information content (AvgIpc) is 3.18. The quantitative estimate of drug-likeness (QED) is 0.546. The molecule has 3 aromatic rings. The van der Waals surface area contributed by atoms with E-state index < -0.39 is 6.10 Å². The molecule has 0 saturated carbocycles. The maximum atomic E-state index is 12.9. The first-order chi connectivity index (χ1) is 16.0. The second kappa shape index (κ2) is 8.76. The lowest BCUT2D eigenvalue weighted by atomic mass is 10.0. The van der Waals surface area contributed by atoms with Crippen LogP contribution in [0.1, 0.15) is 29.9 Å². The van der Waals surface area contributed by atoms with Crippen molar-refractivity contribution in [1.29, 1.82) is 0 Å². The van der Waals surface area contributed by atoms with E-state index in [-0.39, 0.29) is 23.4 Å². The summed E-state index contributed by atoms with van der Waals surface area (Å²) >= 11 is 0. The molecule has 1 aromatic heterocycles. The van der Waals surface area contributed by atoms with Crippen molar-refractivity contribution in [3.05, 3.63) is 69.8 Å². The molecular formula is C24H25N5O4.